The largest absolute Gasteiger partial charge is 0.506 e. The van der Waals surface area contributed by atoms with Gasteiger partial charge in [-0.2, -0.15) is 0 Å². The predicted octanol–water partition coefficient (Wildman–Crippen LogP) is 3.26. The Balaban J connectivity index is 2.58. The fourth-order valence-electron chi connectivity index (χ4n) is 1.76. The van der Waals surface area contributed by atoms with Gasteiger partial charge in [-0.3, -0.25) is 0 Å². The number of phenolic OH excluding ortho intramolecular Hbond substituents is 1. The zero-order valence-electron chi connectivity index (χ0n) is 9.49. The Morgan fingerprint density at radius 1 is 1.00 bits per heavy atom. The Hall–Kier alpha value is -1.96. The molecule has 2 aromatic rings. The van der Waals surface area contributed by atoms with Gasteiger partial charge in [0.05, 0.1) is 5.69 Å². The summed E-state index contributed by atoms with van der Waals surface area (Å²) < 4.78 is 0. The van der Waals surface area contributed by atoms with Crippen molar-refractivity contribution in [2.24, 2.45) is 0 Å². The average Bonchev–Trinajstić information content (AvgIpc) is 2.26. The average molecular weight is 213 g/mol. The van der Waals surface area contributed by atoms with Gasteiger partial charge in [-0.05, 0) is 42.7 Å². The molecule has 3 N–H and O–H groups in total. The Labute approximate surface area is 95.4 Å². The minimum Gasteiger partial charge on any atom is -0.506 e. The minimum absolute atomic E-state index is 0.137. The standard InChI is InChI=1S/C14H15NO/c1-9-3-4-10(2)12(7-9)11-5-6-13(15)14(16)8-11/h3-8,16H,15H2,1-2H3. The van der Waals surface area contributed by atoms with Crippen LogP contribution in [0.15, 0.2) is 36.4 Å². The maximum Gasteiger partial charge on any atom is 0.139 e. The highest BCUT2D eigenvalue weighted by molar-refractivity contribution is 5.72. The maximum absolute atomic E-state index is 9.60. The molecule has 0 saturated carbocycles. The molecule has 2 nitrogen and oxygen atoms in total. The smallest absolute Gasteiger partial charge is 0.139 e. The summed E-state index contributed by atoms with van der Waals surface area (Å²) in [5.41, 5.74) is 10.5. The van der Waals surface area contributed by atoms with Crippen molar-refractivity contribution in [3.05, 3.63) is 47.5 Å². The van der Waals surface area contributed by atoms with Gasteiger partial charge in [0, 0.05) is 0 Å². The van der Waals surface area contributed by atoms with Crippen LogP contribution in [0, 0.1) is 13.8 Å². The molecular weight excluding hydrogens is 198 g/mol. The number of hydrogen-bond acceptors (Lipinski definition) is 2. The third-order valence-electron chi connectivity index (χ3n) is 2.73. The molecule has 0 aliphatic heterocycles. The normalized spacial score (nSPS) is 10.4. The lowest BCUT2D eigenvalue weighted by Crippen LogP contribution is -1.88. The first-order chi connectivity index (χ1) is 7.58. The topological polar surface area (TPSA) is 46.2 Å². The van der Waals surface area contributed by atoms with E-state index >= 15 is 0 Å². The first-order valence-electron chi connectivity index (χ1n) is 5.24. The Morgan fingerprint density at radius 3 is 2.44 bits per heavy atom. The van der Waals surface area contributed by atoms with Crippen molar-refractivity contribution in [2.75, 3.05) is 5.73 Å². The maximum atomic E-state index is 9.60. The molecule has 2 aromatic carbocycles. The number of benzene rings is 2. The highest BCUT2D eigenvalue weighted by Crippen LogP contribution is 2.30. The summed E-state index contributed by atoms with van der Waals surface area (Å²) in [4.78, 5) is 0. The van der Waals surface area contributed by atoms with Crippen LogP contribution in [0.5, 0.6) is 5.75 Å². The summed E-state index contributed by atoms with van der Waals surface area (Å²) in [6, 6.07) is 11.6. The second-order valence-electron chi connectivity index (χ2n) is 4.09. The number of nitrogens with two attached hydrogens (primary N) is 1. The van der Waals surface area contributed by atoms with Gasteiger partial charge in [-0.25, -0.2) is 0 Å². The molecule has 0 aromatic heterocycles. The molecule has 0 saturated heterocycles. The third-order valence-corrected chi connectivity index (χ3v) is 2.73. The van der Waals surface area contributed by atoms with Crippen LogP contribution in [0.4, 0.5) is 5.69 Å². The summed E-state index contributed by atoms with van der Waals surface area (Å²) in [5.74, 6) is 0.137. The van der Waals surface area contributed by atoms with E-state index in [9.17, 15) is 5.11 Å². The van der Waals surface area contributed by atoms with Gasteiger partial charge in [0.15, 0.2) is 0 Å². The van der Waals surface area contributed by atoms with Crippen LogP contribution in [-0.4, -0.2) is 5.11 Å². The van der Waals surface area contributed by atoms with E-state index in [1.165, 1.54) is 11.1 Å². The fourth-order valence-corrected chi connectivity index (χ4v) is 1.76. The Kier molecular flexibility index (Phi) is 2.57. The Morgan fingerprint density at radius 2 is 1.75 bits per heavy atom. The van der Waals surface area contributed by atoms with Gasteiger partial charge in [-0.1, -0.05) is 29.8 Å². The SMILES string of the molecule is Cc1ccc(C)c(-c2ccc(N)c(O)c2)c1. The molecule has 0 aliphatic carbocycles. The molecule has 2 heteroatoms. The second kappa shape index (κ2) is 3.89. The van der Waals surface area contributed by atoms with Crippen LogP contribution >= 0.6 is 0 Å². The molecule has 0 fully saturated rings. The fraction of sp³-hybridized carbons (Fsp3) is 0.143. The van der Waals surface area contributed by atoms with E-state index in [0.29, 0.717) is 5.69 Å². The molecule has 0 bridgehead atoms. The number of hydrogen-bond donors (Lipinski definition) is 2. The first kappa shape index (κ1) is 10.6. The summed E-state index contributed by atoms with van der Waals surface area (Å²) >= 11 is 0. The van der Waals surface area contributed by atoms with E-state index in [0.717, 1.165) is 11.1 Å². The van der Waals surface area contributed by atoms with Crippen LogP contribution in [0.1, 0.15) is 11.1 Å². The monoisotopic (exact) mass is 213 g/mol. The van der Waals surface area contributed by atoms with E-state index in [1.807, 2.05) is 6.07 Å². The second-order valence-corrected chi connectivity index (χ2v) is 4.09. The van der Waals surface area contributed by atoms with Crippen molar-refractivity contribution in [2.45, 2.75) is 13.8 Å². The molecule has 0 unspecified atom stereocenters. The van der Waals surface area contributed by atoms with Crippen molar-refractivity contribution in [3.8, 4) is 16.9 Å². The first-order valence-corrected chi connectivity index (χ1v) is 5.24. The highest BCUT2D eigenvalue weighted by Gasteiger charge is 2.04. The van der Waals surface area contributed by atoms with Crippen LogP contribution in [0.25, 0.3) is 11.1 Å². The molecule has 0 atom stereocenters. The molecule has 0 heterocycles. The number of anilines is 1. The summed E-state index contributed by atoms with van der Waals surface area (Å²) in [5, 5.41) is 9.60. The van der Waals surface area contributed by atoms with Crippen molar-refractivity contribution in [1.29, 1.82) is 0 Å². The van der Waals surface area contributed by atoms with Crippen LogP contribution < -0.4 is 5.73 Å². The van der Waals surface area contributed by atoms with Crippen molar-refractivity contribution < 1.29 is 5.11 Å². The summed E-state index contributed by atoms with van der Waals surface area (Å²) in [6.45, 7) is 4.11. The van der Waals surface area contributed by atoms with E-state index in [2.05, 4.69) is 32.0 Å². The van der Waals surface area contributed by atoms with Gasteiger partial charge >= 0.3 is 0 Å². The molecule has 0 amide bonds. The van der Waals surface area contributed by atoms with Crippen LogP contribution in [0.2, 0.25) is 0 Å². The van der Waals surface area contributed by atoms with Crippen LogP contribution in [0.3, 0.4) is 0 Å². The molecular formula is C14H15NO. The number of phenols is 1. The van der Waals surface area contributed by atoms with Crippen molar-refractivity contribution in [1.82, 2.24) is 0 Å². The summed E-state index contributed by atoms with van der Waals surface area (Å²) in [7, 11) is 0. The number of rotatable bonds is 1. The van der Waals surface area contributed by atoms with Gasteiger partial charge in [-0.15, -0.1) is 0 Å². The molecule has 82 valence electrons. The molecule has 0 aliphatic rings. The van der Waals surface area contributed by atoms with Crippen molar-refractivity contribution in [3.63, 3.8) is 0 Å². The zero-order valence-corrected chi connectivity index (χ0v) is 9.49. The van der Waals surface area contributed by atoms with E-state index < -0.39 is 0 Å². The minimum atomic E-state index is 0.137. The van der Waals surface area contributed by atoms with Gasteiger partial charge < -0.3 is 10.8 Å². The predicted molar refractivity (Wildman–Crippen MR) is 67.4 cm³/mol. The molecule has 2 rings (SSSR count). The van der Waals surface area contributed by atoms with E-state index in [4.69, 9.17) is 5.73 Å². The van der Waals surface area contributed by atoms with E-state index in [1.54, 1.807) is 12.1 Å². The van der Waals surface area contributed by atoms with Crippen molar-refractivity contribution >= 4 is 5.69 Å². The number of aryl methyl sites for hydroxylation is 2. The van der Waals surface area contributed by atoms with Crippen LogP contribution in [-0.2, 0) is 0 Å². The Bertz CT molecular complexity index is 532. The lowest BCUT2D eigenvalue weighted by molar-refractivity contribution is 0.478. The highest BCUT2D eigenvalue weighted by atomic mass is 16.3. The number of aromatic hydroxyl groups is 1. The zero-order chi connectivity index (χ0) is 11.7. The summed E-state index contributed by atoms with van der Waals surface area (Å²) in [6.07, 6.45) is 0. The van der Waals surface area contributed by atoms with Gasteiger partial charge in [0.25, 0.3) is 0 Å². The molecule has 0 spiro atoms. The van der Waals surface area contributed by atoms with E-state index in [-0.39, 0.29) is 5.75 Å². The van der Waals surface area contributed by atoms with Gasteiger partial charge in [0.1, 0.15) is 5.75 Å². The third kappa shape index (κ3) is 1.87. The van der Waals surface area contributed by atoms with Gasteiger partial charge in [0.2, 0.25) is 0 Å². The molecule has 0 radical (unpaired) electrons. The lowest BCUT2D eigenvalue weighted by atomic mass is 9.98. The number of nitrogen functional groups attached to an aromatic ring is 1. The quantitative estimate of drug-likeness (QED) is 0.564. The molecule has 16 heavy (non-hydrogen) atoms. The lowest BCUT2D eigenvalue weighted by Gasteiger charge is -2.08.